The molecular formula is C28H27NO4. The quantitative estimate of drug-likeness (QED) is 0.479. The number of nitrogens with one attached hydrogen (secondary N) is 1. The number of fused-ring (bicyclic) bond motifs is 2. The van der Waals surface area contributed by atoms with Gasteiger partial charge >= 0.3 is 5.97 Å². The summed E-state index contributed by atoms with van der Waals surface area (Å²) in [6.45, 7) is 4.03. The summed E-state index contributed by atoms with van der Waals surface area (Å²) in [6, 6.07) is 12.2. The lowest BCUT2D eigenvalue weighted by molar-refractivity contribution is -0.137. The molecule has 3 aromatic rings. The minimum absolute atomic E-state index is 0.0581. The van der Waals surface area contributed by atoms with Gasteiger partial charge in [0.05, 0.1) is 5.57 Å². The highest BCUT2D eigenvalue weighted by Gasteiger charge is 2.29. The van der Waals surface area contributed by atoms with E-state index in [0.717, 1.165) is 70.7 Å². The van der Waals surface area contributed by atoms with Gasteiger partial charge in [-0.25, -0.2) is 0 Å². The van der Waals surface area contributed by atoms with Gasteiger partial charge in [0.2, 0.25) is 0 Å². The number of carboxylic acids is 1. The summed E-state index contributed by atoms with van der Waals surface area (Å²) in [7, 11) is 0. The molecule has 1 aliphatic heterocycles. The Bertz CT molecular complexity index is 1290. The van der Waals surface area contributed by atoms with Crippen molar-refractivity contribution in [3.05, 3.63) is 75.7 Å². The van der Waals surface area contributed by atoms with Gasteiger partial charge in [0.1, 0.15) is 11.5 Å². The molecule has 0 spiro atoms. The van der Waals surface area contributed by atoms with E-state index in [1.165, 1.54) is 11.1 Å². The summed E-state index contributed by atoms with van der Waals surface area (Å²) >= 11 is 0. The van der Waals surface area contributed by atoms with Crippen molar-refractivity contribution in [3.63, 3.8) is 0 Å². The van der Waals surface area contributed by atoms with Crippen LogP contribution in [0, 0.1) is 13.8 Å². The Morgan fingerprint density at radius 1 is 1.06 bits per heavy atom. The molecule has 168 valence electrons. The first kappa shape index (κ1) is 21.3. The number of aliphatic carboxylic acids is 1. The molecule has 33 heavy (non-hydrogen) atoms. The van der Waals surface area contributed by atoms with Crippen LogP contribution in [0.5, 0.6) is 0 Å². The third kappa shape index (κ3) is 3.88. The third-order valence-corrected chi connectivity index (χ3v) is 6.76. The van der Waals surface area contributed by atoms with E-state index in [4.69, 9.17) is 9.52 Å². The Hall–Kier alpha value is -3.60. The maximum Gasteiger partial charge on any atom is 0.303 e. The van der Waals surface area contributed by atoms with Crippen molar-refractivity contribution >= 4 is 29.2 Å². The molecule has 1 amide bonds. The first-order valence-electron chi connectivity index (χ1n) is 11.5. The van der Waals surface area contributed by atoms with Crippen molar-refractivity contribution in [2.75, 3.05) is 5.32 Å². The Balaban J connectivity index is 1.64. The number of furan rings is 1. The lowest BCUT2D eigenvalue weighted by Crippen LogP contribution is -2.03. The van der Waals surface area contributed by atoms with Crippen LogP contribution in [0.15, 0.2) is 40.8 Å². The second kappa shape index (κ2) is 8.39. The molecule has 0 saturated heterocycles. The molecule has 5 heteroatoms. The molecule has 0 unspecified atom stereocenters. The standard InChI is InChI=1S/C28H27NO4/c1-16-7-9-19(10-8-16)27-20-5-3-4-6-23(20)33-24(27)15-21-26-17(2)18(12-14-25(30)31)11-13-22(26)29-28(21)32/h7-11,13,15H,3-6,12,14H2,1-2H3,(H,29,32)(H,30,31). The van der Waals surface area contributed by atoms with Crippen LogP contribution in [0.25, 0.3) is 22.8 Å². The van der Waals surface area contributed by atoms with E-state index >= 15 is 0 Å². The molecule has 5 rings (SSSR count). The van der Waals surface area contributed by atoms with Crippen LogP contribution in [0.2, 0.25) is 0 Å². The van der Waals surface area contributed by atoms with Crippen LogP contribution in [0.4, 0.5) is 5.69 Å². The number of carbonyl (C=O) groups excluding carboxylic acids is 1. The average molecular weight is 442 g/mol. The van der Waals surface area contributed by atoms with E-state index in [0.29, 0.717) is 12.0 Å². The van der Waals surface area contributed by atoms with Gasteiger partial charge in [-0.1, -0.05) is 35.9 Å². The topological polar surface area (TPSA) is 79.5 Å². The van der Waals surface area contributed by atoms with Gasteiger partial charge < -0.3 is 14.8 Å². The van der Waals surface area contributed by atoms with Crippen LogP contribution in [0.1, 0.15) is 58.6 Å². The molecule has 2 N–H and O–H groups in total. The first-order valence-corrected chi connectivity index (χ1v) is 11.5. The molecule has 1 aromatic heterocycles. The van der Waals surface area contributed by atoms with Gasteiger partial charge in [-0.3, -0.25) is 9.59 Å². The molecule has 1 aliphatic carbocycles. The molecule has 0 fully saturated rings. The van der Waals surface area contributed by atoms with Crippen LogP contribution in [-0.4, -0.2) is 17.0 Å². The molecule has 5 nitrogen and oxygen atoms in total. The number of amides is 1. The van der Waals surface area contributed by atoms with Gasteiger partial charge in [0, 0.05) is 35.2 Å². The molecule has 2 aliphatic rings. The Morgan fingerprint density at radius 3 is 2.58 bits per heavy atom. The number of benzene rings is 2. The summed E-state index contributed by atoms with van der Waals surface area (Å²) in [5.74, 6) is 0.754. The molecule has 0 bridgehead atoms. The smallest absolute Gasteiger partial charge is 0.303 e. The number of aryl methyl sites for hydroxylation is 3. The highest BCUT2D eigenvalue weighted by atomic mass is 16.4. The number of hydrogen-bond donors (Lipinski definition) is 2. The zero-order valence-corrected chi connectivity index (χ0v) is 19.0. The molecular weight excluding hydrogens is 414 g/mol. The van der Waals surface area contributed by atoms with Gasteiger partial charge in [0.15, 0.2) is 0 Å². The largest absolute Gasteiger partial charge is 0.481 e. The van der Waals surface area contributed by atoms with Crippen molar-refractivity contribution < 1.29 is 19.1 Å². The summed E-state index contributed by atoms with van der Waals surface area (Å²) in [5, 5.41) is 12.1. The van der Waals surface area contributed by atoms with Crippen molar-refractivity contribution in [2.24, 2.45) is 0 Å². The zero-order chi connectivity index (χ0) is 23.1. The summed E-state index contributed by atoms with van der Waals surface area (Å²) < 4.78 is 6.36. The fourth-order valence-corrected chi connectivity index (χ4v) is 5.02. The molecule has 2 heterocycles. The lowest BCUT2D eigenvalue weighted by Gasteiger charge is -2.11. The SMILES string of the molecule is Cc1ccc(-c2c(C=C3C(=O)Nc4ccc(CCC(=O)O)c(C)c43)oc3c2CCCC3)cc1. The van der Waals surface area contributed by atoms with E-state index in [1.54, 1.807) is 0 Å². The predicted octanol–water partition coefficient (Wildman–Crippen LogP) is 5.95. The highest BCUT2D eigenvalue weighted by molar-refractivity contribution is 6.35. The van der Waals surface area contributed by atoms with Gasteiger partial charge in [0.25, 0.3) is 5.91 Å². The highest BCUT2D eigenvalue weighted by Crippen LogP contribution is 2.42. The first-order chi connectivity index (χ1) is 15.9. The van der Waals surface area contributed by atoms with Gasteiger partial charge in [-0.05, 0) is 68.4 Å². The minimum Gasteiger partial charge on any atom is -0.481 e. The number of hydrogen-bond acceptors (Lipinski definition) is 3. The van der Waals surface area contributed by atoms with Crippen LogP contribution < -0.4 is 5.32 Å². The van der Waals surface area contributed by atoms with E-state index in [2.05, 4.69) is 36.5 Å². The third-order valence-electron chi connectivity index (χ3n) is 6.76. The Morgan fingerprint density at radius 2 is 1.82 bits per heavy atom. The lowest BCUT2D eigenvalue weighted by atomic mass is 9.90. The number of carboxylic acid groups (broad SMARTS) is 1. The van der Waals surface area contributed by atoms with Crippen molar-refractivity contribution in [2.45, 2.75) is 52.4 Å². The maximum absolute atomic E-state index is 13.0. The summed E-state index contributed by atoms with van der Waals surface area (Å²) in [5.41, 5.74) is 8.68. The van der Waals surface area contributed by atoms with E-state index in [9.17, 15) is 9.59 Å². The van der Waals surface area contributed by atoms with Crippen LogP contribution in [0.3, 0.4) is 0 Å². The number of carbonyl (C=O) groups is 2. The maximum atomic E-state index is 13.0. The van der Waals surface area contributed by atoms with Crippen LogP contribution in [-0.2, 0) is 28.9 Å². The van der Waals surface area contributed by atoms with E-state index in [1.807, 2.05) is 25.1 Å². The minimum atomic E-state index is -0.830. The summed E-state index contributed by atoms with van der Waals surface area (Å²) in [4.78, 5) is 24.1. The van der Waals surface area contributed by atoms with E-state index < -0.39 is 5.97 Å². The predicted molar refractivity (Wildman–Crippen MR) is 129 cm³/mol. The normalized spacial score (nSPS) is 15.9. The number of anilines is 1. The van der Waals surface area contributed by atoms with Crippen LogP contribution >= 0.6 is 0 Å². The Labute approximate surface area is 193 Å². The van der Waals surface area contributed by atoms with E-state index in [-0.39, 0.29) is 12.3 Å². The zero-order valence-electron chi connectivity index (χ0n) is 19.0. The fraction of sp³-hybridized carbons (Fsp3) is 0.286. The van der Waals surface area contributed by atoms with Crippen molar-refractivity contribution in [1.29, 1.82) is 0 Å². The average Bonchev–Trinajstić information content (AvgIpc) is 3.31. The fourth-order valence-electron chi connectivity index (χ4n) is 5.02. The molecule has 0 atom stereocenters. The monoisotopic (exact) mass is 441 g/mol. The Kier molecular flexibility index (Phi) is 5.41. The molecule has 0 radical (unpaired) electrons. The van der Waals surface area contributed by atoms with Crippen molar-refractivity contribution in [3.8, 4) is 11.1 Å². The summed E-state index contributed by atoms with van der Waals surface area (Å²) in [6.07, 6.45) is 6.51. The molecule has 0 saturated carbocycles. The second-order valence-corrected chi connectivity index (χ2v) is 8.99. The molecule has 2 aromatic carbocycles. The van der Waals surface area contributed by atoms with Gasteiger partial charge in [-0.2, -0.15) is 0 Å². The van der Waals surface area contributed by atoms with Crippen molar-refractivity contribution in [1.82, 2.24) is 0 Å². The second-order valence-electron chi connectivity index (χ2n) is 8.99. The number of rotatable bonds is 5. The van der Waals surface area contributed by atoms with Gasteiger partial charge in [-0.15, -0.1) is 0 Å².